The Kier molecular flexibility index (Phi) is 2.19. The number of aromatic amines is 1. The van der Waals surface area contributed by atoms with Crippen molar-refractivity contribution in [3.63, 3.8) is 0 Å². The summed E-state index contributed by atoms with van der Waals surface area (Å²) in [4.78, 5) is 3.31. The first kappa shape index (κ1) is 11.5. The molecule has 3 heterocycles. The maximum absolute atomic E-state index is 4.43. The van der Waals surface area contributed by atoms with E-state index in [0.29, 0.717) is 0 Å². The predicted molar refractivity (Wildman–Crippen MR) is 87.8 cm³/mol. The third-order valence-electron chi connectivity index (χ3n) is 4.11. The van der Waals surface area contributed by atoms with Gasteiger partial charge in [-0.15, -0.1) is 10.2 Å². The second-order valence-electron chi connectivity index (χ2n) is 5.36. The van der Waals surface area contributed by atoms with Crippen LogP contribution in [0.15, 0.2) is 66.9 Å². The summed E-state index contributed by atoms with van der Waals surface area (Å²) in [6, 6.07) is 20.6. The lowest BCUT2D eigenvalue weighted by atomic mass is 10.1. The largest absolute Gasteiger partial charge is 0.360 e. The number of aromatic nitrogens is 4. The highest BCUT2D eigenvalue weighted by Gasteiger charge is 2.14. The molecule has 104 valence electrons. The van der Waals surface area contributed by atoms with Crippen LogP contribution < -0.4 is 0 Å². The van der Waals surface area contributed by atoms with E-state index in [1.807, 2.05) is 36.5 Å². The van der Waals surface area contributed by atoms with Crippen molar-refractivity contribution in [2.75, 3.05) is 0 Å². The van der Waals surface area contributed by atoms with Gasteiger partial charge in [0.15, 0.2) is 11.5 Å². The van der Waals surface area contributed by atoms with Gasteiger partial charge in [-0.3, -0.25) is 4.40 Å². The zero-order valence-electron chi connectivity index (χ0n) is 11.7. The first-order valence-electron chi connectivity index (χ1n) is 7.21. The maximum atomic E-state index is 4.43. The number of para-hydroxylation sites is 2. The fourth-order valence-electron chi connectivity index (χ4n) is 3.07. The molecule has 5 aromatic rings. The van der Waals surface area contributed by atoms with Crippen molar-refractivity contribution in [1.82, 2.24) is 19.6 Å². The van der Waals surface area contributed by atoms with E-state index >= 15 is 0 Å². The number of H-pyrrole nitrogens is 1. The normalized spacial score (nSPS) is 11.6. The summed E-state index contributed by atoms with van der Waals surface area (Å²) in [6.45, 7) is 0. The molecule has 0 aliphatic rings. The Bertz CT molecular complexity index is 1130. The second kappa shape index (κ2) is 4.18. The van der Waals surface area contributed by atoms with Gasteiger partial charge in [0.25, 0.3) is 0 Å². The average molecular weight is 284 g/mol. The van der Waals surface area contributed by atoms with Crippen LogP contribution >= 0.6 is 0 Å². The van der Waals surface area contributed by atoms with Crippen LogP contribution in [0.25, 0.3) is 38.8 Å². The molecule has 22 heavy (non-hydrogen) atoms. The van der Waals surface area contributed by atoms with Crippen molar-refractivity contribution in [2.24, 2.45) is 0 Å². The van der Waals surface area contributed by atoms with Crippen molar-refractivity contribution in [1.29, 1.82) is 0 Å². The first-order chi connectivity index (χ1) is 10.9. The van der Waals surface area contributed by atoms with E-state index < -0.39 is 0 Å². The molecule has 0 atom stereocenters. The van der Waals surface area contributed by atoms with Gasteiger partial charge in [-0.05, 0) is 29.7 Å². The Labute approximate surface area is 126 Å². The molecule has 0 saturated heterocycles. The fraction of sp³-hybridized carbons (Fsp3) is 0. The lowest BCUT2D eigenvalue weighted by Crippen LogP contribution is -1.91. The fourth-order valence-corrected chi connectivity index (χ4v) is 3.07. The van der Waals surface area contributed by atoms with Gasteiger partial charge in [0, 0.05) is 22.7 Å². The number of rotatable bonds is 1. The molecule has 2 aromatic carbocycles. The van der Waals surface area contributed by atoms with Gasteiger partial charge in [0.1, 0.15) is 0 Å². The maximum Gasteiger partial charge on any atom is 0.171 e. The summed E-state index contributed by atoms with van der Waals surface area (Å²) in [6.07, 6.45) is 2.00. The lowest BCUT2D eigenvalue weighted by Gasteiger charge is -2.04. The Morgan fingerprint density at radius 3 is 2.68 bits per heavy atom. The molecule has 4 nitrogen and oxygen atoms in total. The Hall–Kier alpha value is -3.14. The van der Waals surface area contributed by atoms with Crippen LogP contribution in [0, 0.1) is 0 Å². The third-order valence-corrected chi connectivity index (χ3v) is 4.11. The smallest absolute Gasteiger partial charge is 0.171 e. The number of nitrogens with zero attached hydrogens (tertiary/aromatic N) is 3. The van der Waals surface area contributed by atoms with Gasteiger partial charge in [-0.2, -0.15) is 0 Å². The standard InChI is InChI=1S/C18H12N4/c1-4-8-16-12(5-1)9-10-17-20-21-18(22(16)17)14-11-19-15-7-3-2-6-13(14)15/h1-11,19H. The van der Waals surface area contributed by atoms with Gasteiger partial charge >= 0.3 is 0 Å². The molecule has 0 aliphatic heterocycles. The SMILES string of the molecule is c1ccc2c(c1)ccc1nnc(-c3c[nH]c4ccccc34)n12. The molecular weight excluding hydrogens is 272 g/mol. The molecule has 3 aromatic heterocycles. The van der Waals surface area contributed by atoms with Crippen molar-refractivity contribution in [3.05, 3.63) is 66.9 Å². The third kappa shape index (κ3) is 1.46. The van der Waals surface area contributed by atoms with Gasteiger partial charge in [-0.1, -0.05) is 36.4 Å². The van der Waals surface area contributed by atoms with Crippen LogP contribution in [0.3, 0.4) is 0 Å². The summed E-state index contributed by atoms with van der Waals surface area (Å²) < 4.78 is 2.12. The molecule has 0 saturated carbocycles. The van der Waals surface area contributed by atoms with Crippen LogP contribution in [0.1, 0.15) is 0 Å². The zero-order valence-corrected chi connectivity index (χ0v) is 11.7. The average Bonchev–Trinajstić information content (AvgIpc) is 3.18. The Morgan fingerprint density at radius 1 is 0.818 bits per heavy atom. The molecule has 1 N–H and O–H groups in total. The second-order valence-corrected chi connectivity index (χ2v) is 5.36. The Balaban J connectivity index is 1.94. The van der Waals surface area contributed by atoms with Crippen molar-refractivity contribution < 1.29 is 0 Å². The van der Waals surface area contributed by atoms with Crippen LogP contribution in [0.5, 0.6) is 0 Å². The molecule has 0 amide bonds. The summed E-state index contributed by atoms with van der Waals surface area (Å²) >= 11 is 0. The van der Waals surface area contributed by atoms with E-state index in [2.05, 4.69) is 49.9 Å². The van der Waals surface area contributed by atoms with Crippen LogP contribution in [0.2, 0.25) is 0 Å². The Morgan fingerprint density at radius 2 is 1.68 bits per heavy atom. The van der Waals surface area contributed by atoms with E-state index in [-0.39, 0.29) is 0 Å². The lowest BCUT2D eigenvalue weighted by molar-refractivity contribution is 1.12. The number of pyridine rings is 1. The molecular formula is C18H12N4. The number of hydrogen-bond acceptors (Lipinski definition) is 2. The van der Waals surface area contributed by atoms with E-state index in [0.717, 1.165) is 33.5 Å². The van der Waals surface area contributed by atoms with Crippen LogP contribution in [-0.2, 0) is 0 Å². The van der Waals surface area contributed by atoms with Gasteiger partial charge < -0.3 is 4.98 Å². The minimum absolute atomic E-state index is 0.860. The quantitative estimate of drug-likeness (QED) is 0.505. The minimum atomic E-state index is 0.860. The molecule has 0 unspecified atom stereocenters. The molecule has 0 fully saturated rings. The topological polar surface area (TPSA) is 46.0 Å². The summed E-state index contributed by atoms with van der Waals surface area (Å²) in [5.41, 5.74) is 4.15. The first-order valence-corrected chi connectivity index (χ1v) is 7.21. The zero-order chi connectivity index (χ0) is 14.5. The van der Waals surface area contributed by atoms with E-state index in [4.69, 9.17) is 0 Å². The number of fused-ring (bicyclic) bond motifs is 4. The number of hydrogen-bond donors (Lipinski definition) is 1. The monoisotopic (exact) mass is 284 g/mol. The number of benzene rings is 2. The molecule has 0 bridgehead atoms. The van der Waals surface area contributed by atoms with Gasteiger partial charge in [0.2, 0.25) is 0 Å². The molecule has 0 spiro atoms. The van der Waals surface area contributed by atoms with E-state index in [1.54, 1.807) is 0 Å². The predicted octanol–water partition coefficient (Wildman–Crippen LogP) is 4.03. The van der Waals surface area contributed by atoms with Crippen molar-refractivity contribution in [3.8, 4) is 11.4 Å². The van der Waals surface area contributed by atoms with Crippen molar-refractivity contribution in [2.45, 2.75) is 0 Å². The van der Waals surface area contributed by atoms with Gasteiger partial charge in [0.05, 0.1) is 5.52 Å². The minimum Gasteiger partial charge on any atom is -0.360 e. The van der Waals surface area contributed by atoms with E-state index in [9.17, 15) is 0 Å². The highest BCUT2D eigenvalue weighted by Crippen LogP contribution is 2.29. The molecule has 0 radical (unpaired) electrons. The highest BCUT2D eigenvalue weighted by molar-refractivity contribution is 5.95. The molecule has 0 aliphatic carbocycles. The summed E-state index contributed by atoms with van der Waals surface area (Å²) in [7, 11) is 0. The van der Waals surface area contributed by atoms with Crippen LogP contribution in [-0.4, -0.2) is 19.6 Å². The summed E-state index contributed by atoms with van der Waals surface area (Å²) in [5, 5.41) is 11.1. The molecule has 5 rings (SSSR count). The van der Waals surface area contributed by atoms with E-state index in [1.165, 1.54) is 5.39 Å². The summed E-state index contributed by atoms with van der Waals surface area (Å²) in [5.74, 6) is 0.865. The highest BCUT2D eigenvalue weighted by atomic mass is 15.2. The number of nitrogens with one attached hydrogen (secondary N) is 1. The van der Waals surface area contributed by atoms with Crippen molar-refractivity contribution >= 4 is 27.5 Å². The van der Waals surface area contributed by atoms with Gasteiger partial charge in [-0.25, -0.2) is 0 Å². The molecule has 4 heteroatoms. The van der Waals surface area contributed by atoms with Crippen LogP contribution in [0.4, 0.5) is 0 Å².